The number of aliphatic hydroxyl groups excluding tert-OH is 1. The van der Waals surface area contributed by atoms with Gasteiger partial charge in [0.15, 0.2) is 0 Å². The van der Waals surface area contributed by atoms with E-state index in [-0.39, 0.29) is 18.6 Å². The van der Waals surface area contributed by atoms with Gasteiger partial charge < -0.3 is 15.7 Å². The molecular formula is C16H24N2O2. The van der Waals surface area contributed by atoms with E-state index in [1.165, 1.54) is 0 Å². The summed E-state index contributed by atoms with van der Waals surface area (Å²) in [6.07, 6.45) is 4.49. The summed E-state index contributed by atoms with van der Waals surface area (Å²) in [5, 5.41) is 8.97. The molecule has 0 aliphatic carbocycles. The zero-order valence-corrected chi connectivity index (χ0v) is 11.9. The molecule has 1 heterocycles. The van der Waals surface area contributed by atoms with E-state index in [1.807, 2.05) is 29.2 Å². The summed E-state index contributed by atoms with van der Waals surface area (Å²) in [6.45, 7) is 1.58. The number of benzene rings is 1. The smallest absolute Gasteiger partial charge is 0.254 e. The van der Waals surface area contributed by atoms with Crippen LogP contribution in [0.1, 0.15) is 41.6 Å². The van der Waals surface area contributed by atoms with E-state index >= 15 is 0 Å². The van der Waals surface area contributed by atoms with Crippen molar-refractivity contribution in [2.24, 2.45) is 5.73 Å². The summed E-state index contributed by atoms with van der Waals surface area (Å²) >= 11 is 0. The van der Waals surface area contributed by atoms with E-state index in [1.54, 1.807) is 0 Å². The van der Waals surface area contributed by atoms with Gasteiger partial charge >= 0.3 is 0 Å². The number of amides is 1. The summed E-state index contributed by atoms with van der Waals surface area (Å²) < 4.78 is 0. The van der Waals surface area contributed by atoms with Gasteiger partial charge in [0.05, 0.1) is 0 Å². The average molecular weight is 276 g/mol. The Balaban J connectivity index is 2.13. The Labute approximate surface area is 120 Å². The molecule has 1 unspecified atom stereocenters. The fourth-order valence-corrected chi connectivity index (χ4v) is 2.99. The number of rotatable bonds is 6. The summed E-state index contributed by atoms with van der Waals surface area (Å²) in [5.74, 6) is 0.120. The third-order valence-corrected chi connectivity index (χ3v) is 3.99. The third-order valence-electron chi connectivity index (χ3n) is 3.99. The Morgan fingerprint density at radius 2 is 2.20 bits per heavy atom. The molecule has 2 rings (SSSR count). The normalized spacial score (nSPS) is 18.5. The molecule has 0 saturated carbocycles. The van der Waals surface area contributed by atoms with Crippen LogP contribution in [0.5, 0.6) is 0 Å². The molecule has 1 atom stereocenters. The van der Waals surface area contributed by atoms with Gasteiger partial charge in [-0.2, -0.15) is 0 Å². The van der Waals surface area contributed by atoms with Crippen molar-refractivity contribution in [2.45, 2.75) is 38.1 Å². The first kappa shape index (κ1) is 15.0. The van der Waals surface area contributed by atoms with Crippen molar-refractivity contribution in [3.63, 3.8) is 0 Å². The fourth-order valence-electron chi connectivity index (χ4n) is 2.99. The highest BCUT2D eigenvalue weighted by molar-refractivity contribution is 5.96. The highest BCUT2D eigenvalue weighted by Gasteiger charge is 2.29. The third kappa shape index (κ3) is 3.38. The zero-order valence-electron chi connectivity index (χ0n) is 11.9. The van der Waals surface area contributed by atoms with E-state index < -0.39 is 0 Å². The number of carbonyl (C=O) groups excluding carboxylic acids is 1. The number of likely N-dealkylation sites (tertiary alicyclic amines) is 1. The minimum absolute atomic E-state index is 0.120. The van der Waals surface area contributed by atoms with Crippen LogP contribution in [0.4, 0.5) is 0 Å². The monoisotopic (exact) mass is 276 g/mol. The van der Waals surface area contributed by atoms with Crippen LogP contribution in [0.15, 0.2) is 24.3 Å². The van der Waals surface area contributed by atoms with Crippen LogP contribution in [0, 0.1) is 0 Å². The van der Waals surface area contributed by atoms with Gasteiger partial charge in [-0.15, -0.1) is 0 Å². The molecule has 0 aromatic heterocycles. The summed E-state index contributed by atoms with van der Waals surface area (Å²) in [7, 11) is 0. The van der Waals surface area contributed by atoms with Crippen molar-refractivity contribution >= 4 is 5.91 Å². The van der Waals surface area contributed by atoms with Crippen LogP contribution in [0.25, 0.3) is 0 Å². The van der Waals surface area contributed by atoms with E-state index in [0.29, 0.717) is 6.54 Å². The number of hydrogen-bond acceptors (Lipinski definition) is 3. The Hall–Kier alpha value is -1.39. The number of aliphatic hydroxyl groups is 1. The van der Waals surface area contributed by atoms with Gasteiger partial charge in [0.2, 0.25) is 0 Å². The maximum Gasteiger partial charge on any atom is 0.254 e. The number of nitrogens with two attached hydrogens (primary N) is 1. The van der Waals surface area contributed by atoms with E-state index in [2.05, 4.69) is 0 Å². The highest BCUT2D eigenvalue weighted by Crippen LogP contribution is 2.24. The molecule has 1 amide bonds. The maximum absolute atomic E-state index is 12.7. The SMILES string of the molecule is NCCc1ccccc1C(=O)N1CCCC1CCCO. The quantitative estimate of drug-likeness (QED) is 0.828. The molecule has 110 valence electrons. The van der Waals surface area contributed by atoms with Crippen molar-refractivity contribution in [2.75, 3.05) is 19.7 Å². The van der Waals surface area contributed by atoms with Gasteiger partial charge in [-0.25, -0.2) is 0 Å². The zero-order chi connectivity index (χ0) is 14.4. The second-order valence-corrected chi connectivity index (χ2v) is 5.36. The molecular weight excluding hydrogens is 252 g/mol. The largest absolute Gasteiger partial charge is 0.396 e. The van der Waals surface area contributed by atoms with Crippen LogP contribution in [-0.4, -0.2) is 41.7 Å². The minimum atomic E-state index is 0.120. The summed E-state index contributed by atoms with van der Waals surface area (Å²) in [5.41, 5.74) is 7.44. The van der Waals surface area contributed by atoms with Gasteiger partial charge in [-0.05, 0) is 50.3 Å². The van der Waals surface area contributed by atoms with Gasteiger partial charge in [-0.3, -0.25) is 4.79 Å². The lowest BCUT2D eigenvalue weighted by Crippen LogP contribution is -2.36. The molecule has 4 nitrogen and oxygen atoms in total. The van der Waals surface area contributed by atoms with Crippen molar-refractivity contribution in [3.05, 3.63) is 35.4 Å². The van der Waals surface area contributed by atoms with E-state index in [4.69, 9.17) is 10.8 Å². The molecule has 0 bridgehead atoms. The first-order chi connectivity index (χ1) is 9.77. The van der Waals surface area contributed by atoms with Crippen LogP contribution in [0.2, 0.25) is 0 Å². The second kappa shape index (κ2) is 7.41. The molecule has 20 heavy (non-hydrogen) atoms. The molecule has 1 aromatic carbocycles. The predicted octanol–water partition coefficient (Wildman–Crippen LogP) is 1.56. The van der Waals surface area contributed by atoms with Crippen molar-refractivity contribution in [3.8, 4) is 0 Å². The molecule has 1 saturated heterocycles. The van der Waals surface area contributed by atoms with Gasteiger partial charge in [0, 0.05) is 24.8 Å². The van der Waals surface area contributed by atoms with E-state index in [9.17, 15) is 4.79 Å². The molecule has 4 heteroatoms. The second-order valence-electron chi connectivity index (χ2n) is 5.36. The molecule has 0 spiro atoms. The van der Waals surface area contributed by atoms with Crippen LogP contribution >= 0.6 is 0 Å². The Kier molecular flexibility index (Phi) is 5.56. The minimum Gasteiger partial charge on any atom is -0.396 e. The van der Waals surface area contributed by atoms with Crippen molar-refractivity contribution in [1.29, 1.82) is 0 Å². The molecule has 1 aliphatic rings. The summed E-state index contributed by atoms with van der Waals surface area (Å²) in [6, 6.07) is 8.02. The Morgan fingerprint density at radius 1 is 1.40 bits per heavy atom. The first-order valence-electron chi connectivity index (χ1n) is 7.47. The molecule has 0 radical (unpaired) electrons. The average Bonchev–Trinajstić information content (AvgIpc) is 2.93. The van der Waals surface area contributed by atoms with E-state index in [0.717, 1.165) is 49.8 Å². The Bertz CT molecular complexity index is 448. The van der Waals surface area contributed by atoms with Crippen LogP contribution in [-0.2, 0) is 6.42 Å². The molecule has 3 N–H and O–H groups in total. The van der Waals surface area contributed by atoms with Gasteiger partial charge in [0.1, 0.15) is 0 Å². The maximum atomic E-state index is 12.7. The number of nitrogens with zero attached hydrogens (tertiary/aromatic N) is 1. The first-order valence-corrected chi connectivity index (χ1v) is 7.47. The van der Waals surface area contributed by atoms with Crippen molar-refractivity contribution < 1.29 is 9.90 Å². The lowest BCUT2D eigenvalue weighted by Gasteiger charge is -2.25. The predicted molar refractivity (Wildman–Crippen MR) is 79.6 cm³/mol. The number of hydrogen-bond donors (Lipinski definition) is 2. The van der Waals surface area contributed by atoms with Crippen LogP contribution in [0.3, 0.4) is 0 Å². The molecule has 1 aliphatic heterocycles. The van der Waals surface area contributed by atoms with Crippen LogP contribution < -0.4 is 5.73 Å². The standard InChI is InChI=1S/C16H24N2O2/c17-10-9-13-5-1-2-8-15(13)16(20)18-11-3-6-14(18)7-4-12-19/h1-2,5,8,14,19H,3-4,6-7,9-12,17H2. The van der Waals surface area contributed by atoms with Crippen molar-refractivity contribution in [1.82, 2.24) is 4.90 Å². The number of carbonyl (C=O) groups is 1. The molecule has 1 aromatic rings. The lowest BCUT2D eigenvalue weighted by atomic mass is 10.0. The fraction of sp³-hybridized carbons (Fsp3) is 0.562. The molecule has 1 fully saturated rings. The highest BCUT2D eigenvalue weighted by atomic mass is 16.3. The van der Waals surface area contributed by atoms with Gasteiger partial charge in [-0.1, -0.05) is 18.2 Å². The van der Waals surface area contributed by atoms with Gasteiger partial charge in [0.25, 0.3) is 5.91 Å². The summed E-state index contributed by atoms with van der Waals surface area (Å²) in [4.78, 5) is 14.7. The Morgan fingerprint density at radius 3 is 2.95 bits per heavy atom. The topological polar surface area (TPSA) is 66.6 Å². The lowest BCUT2D eigenvalue weighted by molar-refractivity contribution is 0.0723.